The molecule has 30 heavy (non-hydrogen) atoms. The highest BCUT2D eigenvalue weighted by Crippen LogP contribution is 2.34. The smallest absolute Gasteiger partial charge is 0.258 e. The van der Waals surface area contributed by atoms with Crippen molar-refractivity contribution >= 4 is 17.2 Å². The van der Waals surface area contributed by atoms with Gasteiger partial charge in [-0.3, -0.25) is 0 Å². The van der Waals surface area contributed by atoms with Crippen molar-refractivity contribution in [3.63, 3.8) is 0 Å². The molecule has 1 heterocycles. The summed E-state index contributed by atoms with van der Waals surface area (Å²) in [6.45, 7) is 7.81. The van der Waals surface area contributed by atoms with Gasteiger partial charge in [0.25, 0.3) is 5.89 Å². The van der Waals surface area contributed by atoms with Crippen molar-refractivity contribution < 1.29 is 14.0 Å². The first-order valence-corrected chi connectivity index (χ1v) is 10.7. The number of halogens is 1. The predicted molar refractivity (Wildman–Crippen MR) is 119 cm³/mol. The number of hydrogen-bond donors (Lipinski definition) is 0. The van der Waals surface area contributed by atoms with Gasteiger partial charge in [0, 0.05) is 24.1 Å². The summed E-state index contributed by atoms with van der Waals surface area (Å²) in [6, 6.07) is 5.49. The fourth-order valence-electron chi connectivity index (χ4n) is 3.25. The Morgan fingerprint density at radius 3 is 2.73 bits per heavy atom. The van der Waals surface area contributed by atoms with Crippen molar-refractivity contribution in [2.24, 2.45) is 5.92 Å². The number of hydrogen-bond acceptors (Lipinski definition) is 6. The van der Waals surface area contributed by atoms with Gasteiger partial charge >= 0.3 is 0 Å². The van der Waals surface area contributed by atoms with Crippen LogP contribution in [0.25, 0.3) is 17.0 Å². The highest BCUT2D eigenvalue weighted by atomic mass is 35.5. The second-order valence-electron chi connectivity index (χ2n) is 8.10. The molecule has 0 amide bonds. The summed E-state index contributed by atoms with van der Waals surface area (Å²) in [6.07, 6.45) is 5.92. The van der Waals surface area contributed by atoms with Crippen molar-refractivity contribution in [3.05, 3.63) is 47.0 Å². The molecule has 0 saturated carbocycles. The minimum atomic E-state index is 0.0537. The maximum Gasteiger partial charge on any atom is 0.258 e. The van der Waals surface area contributed by atoms with Crippen LogP contribution >= 0.6 is 11.6 Å². The van der Waals surface area contributed by atoms with E-state index in [9.17, 15) is 0 Å². The van der Waals surface area contributed by atoms with Gasteiger partial charge in [-0.05, 0) is 64.6 Å². The molecule has 0 fully saturated rings. The quantitative estimate of drug-likeness (QED) is 0.492. The Morgan fingerprint density at radius 2 is 2.07 bits per heavy atom. The molecule has 0 radical (unpaired) electrons. The van der Waals surface area contributed by atoms with Crippen molar-refractivity contribution in [2.45, 2.75) is 39.7 Å². The Labute approximate surface area is 183 Å². The van der Waals surface area contributed by atoms with Crippen LogP contribution in [-0.4, -0.2) is 48.4 Å². The Bertz CT molecular complexity index is 918. The van der Waals surface area contributed by atoms with Crippen LogP contribution in [0.4, 0.5) is 0 Å². The third kappa shape index (κ3) is 5.86. The van der Waals surface area contributed by atoms with Crippen LogP contribution in [0.1, 0.15) is 39.4 Å². The summed E-state index contributed by atoms with van der Waals surface area (Å²) in [5.74, 6) is 2.92. The maximum absolute atomic E-state index is 6.34. The number of allylic oxidation sites excluding steroid dienone is 4. The van der Waals surface area contributed by atoms with Crippen LogP contribution in [0, 0.1) is 5.92 Å². The number of aromatic nitrogens is 2. The van der Waals surface area contributed by atoms with Gasteiger partial charge in [-0.25, -0.2) is 0 Å². The first-order chi connectivity index (χ1) is 14.3. The highest BCUT2D eigenvalue weighted by Gasteiger charge is 2.22. The lowest BCUT2D eigenvalue weighted by Crippen LogP contribution is -2.15. The second kappa shape index (κ2) is 10.1. The molecule has 0 bridgehead atoms. The van der Waals surface area contributed by atoms with E-state index in [0.717, 1.165) is 42.9 Å². The van der Waals surface area contributed by atoms with E-state index in [1.807, 2.05) is 38.1 Å². The fourth-order valence-corrected chi connectivity index (χ4v) is 3.48. The molecule has 1 atom stereocenters. The monoisotopic (exact) mass is 431 g/mol. The zero-order valence-corrected chi connectivity index (χ0v) is 19.1. The third-order valence-corrected chi connectivity index (χ3v) is 5.05. The molecule has 3 rings (SSSR count). The normalized spacial score (nSPS) is 16.6. The van der Waals surface area contributed by atoms with Crippen LogP contribution in [-0.2, 0) is 4.74 Å². The number of nitrogens with zero attached hydrogens (tertiary/aromatic N) is 3. The van der Waals surface area contributed by atoms with E-state index in [-0.39, 0.29) is 12.0 Å². The number of benzene rings is 1. The summed E-state index contributed by atoms with van der Waals surface area (Å²) in [4.78, 5) is 6.74. The molecule has 1 aromatic carbocycles. The molecule has 0 spiro atoms. The minimum Gasteiger partial charge on any atom is -0.498 e. The Balaban J connectivity index is 1.69. The molecular formula is C23H30ClN3O3. The van der Waals surface area contributed by atoms with E-state index in [1.165, 1.54) is 0 Å². The molecule has 0 N–H and O–H groups in total. The number of ether oxygens (including phenoxy) is 2. The molecule has 0 saturated heterocycles. The summed E-state index contributed by atoms with van der Waals surface area (Å²) in [7, 11) is 4.13. The molecule has 162 valence electrons. The molecule has 1 unspecified atom stereocenters. The molecule has 1 aliphatic carbocycles. The minimum absolute atomic E-state index is 0.0537. The van der Waals surface area contributed by atoms with Crippen molar-refractivity contribution in [1.82, 2.24) is 15.0 Å². The topological polar surface area (TPSA) is 60.6 Å². The largest absolute Gasteiger partial charge is 0.498 e. The van der Waals surface area contributed by atoms with E-state index in [1.54, 1.807) is 6.07 Å². The molecule has 1 aliphatic rings. The predicted octanol–water partition coefficient (Wildman–Crippen LogP) is 5.45. The van der Waals surface area contributed by atoms with E-state index in [4.69, 9.17) is 25.6 Å². The summed E-state index contributed by atoms with van der Waals surface area (Å²) in [5.41, 5.74) is 1.80. The zero-order chi connectivity index (χ0) is 21.7. The Kier molecular flexibility index (Phi) is 7.56. The standard InChI is InChI=1S/C23H30ClN3O3/c1-15(2)29-21-10-7-17(14-20(21)24)23-25-22(26-30-23)19-9-8-18(13-16(19)3)28-12-6-11-27(4)5/h7-10,14-16H,6,11-13H2,1-5H3. The SMILES string of the molecule is CC(C)Oc1ccc(-c2nc(C3=CC=C(OCCCN(C)C)CC3C)no2)cc1Cl. The second-order valence-corrected chi connectivity index (χ2v) is 8.51. The lowest BCUT2D eigenvalue weighted by molar-refractivity contribution is 0.183. The molecule has 2 aromatic rings. The molecule has 6 nitrogen and oxygen atoms in total. The van der Waals surface area contributed by atoms with Crippen molar-refractivity contribution in [3.8, 4) is 17.2 Å². The van der Waals surface area contributed by atoms with Gasteiger partial charge in [0.2, 0.25) is 0 Å². The first kappa shape index (κ1) is 22.4. The van der Waals surface area contributed by atoms with Gasteiger partial charge in [-0.15, -0.1) is 0 Å². The average molecular weight is 432 g/mol. The van der Waals surface area contributed by atoms with E-state index in [0.29, 0.717) is 22.5 Å². The maximum atomic E-state index is 6.34. The van der Waals surface area contributed by atoms with Gasteiger partial charge in [-0.1, -0.05) is 29.8 Å². The Hall–Kier alpha value is -2.31. The van der Waals surface area contributed by atoms with Crippen LogP contribution in [0.5, 0.6) is 5.75 Å². The van der Waals surface area contributed by atoms with Crippen LogP contribution < -0.4 is 4.74 Å². The molecular weight excluding hydrogens is 402 g/mol. The average Bonchev–Trinajstić information content (AvgIpc) is 3.16. The van der Waals surface area contributed by atoms with Crippen LogP contribution in [0.2, 0.25) is 5.02 Å². The lowest BCUT2D eigenvalue weighted by atomic mass is 9.91. The van der Waals surface area contributed by atoms with E-state index in [2.05, 4.69) is 36.1 Å². The fraction of sp³-hybridized carbons (Fsp3) is 0.478. The van der Waals surface area contributed by atoms with Gasteiger partial charge < -0.3 is 18.9 Å². The third-order valence-electron chi connectivity index (χ3n) is 4.75. The van der Waals surface area contributed by atoms with Crippen molar-refractivity contribution in [1.29, 1.82) is 0 Å². The van der Waals surface area contributed by atoms with Gasteiger partial charge in [0.1, 0.15) is 5.75 Å². The zero-order valence-electron chi connectivity index (χ0n) is 18.3. The van der Waals surface area contributed by atoms with Crippen LogP contribution in [0.15, 0.2) is 40.6 Å². The van der Waals surface area contributed by atoms with Gasteiger partial charge in [0.05, 0.1) is 23.5 Å². The van der Waals surface area contributed by atoms with Crippen LogP contribution in [0.3, 0.4) is 0 Å². The molecule has 7 heteroatoms. The van der Waals surface area contributed by atoms with E-state index >= 15 is 0 Å². The van der Waals surface area contributed by atoms with Crippen molar-refractivity contribution in [2.75, 3.05) is 27.2 Å². The van der Waals surface area contributed by atoms with Gasteiger partial charge in [-0.2, -0.15) is 4.98 Å². The Morgan fingerprint density at radius 1 is 1.27 bits per heavy atom. The summed E-state index contributed by atoms with van der Waals surface area (Å²) in [5, 5.41) is 4.70. The van der Waals surface area contributed by atoms with E-state index < -0.39 is 0 Å². The summed E-state index contributed by atoms with van der Waals surface area (Å²) < 4.78 is 17.1. The first-order valence-electron chi connectivity index (χ1n) is 10.3. The lowest BCUT2D eigenvalue weighted by Gasteiger charge is -2.20. The summed E-state index contributed by atoms with van der Waals surface area (Å²) >= 11 is 6.34. The molecule has 0 aliphatic heterocycles. The molecule has 1 aromatic heterocycles. The number of rotatable bonds is 9. The van der Waals surface area contributed by atoms with Gasteiger partial charge in [0.15, 0.2) is 5.82 Å². The highest BCUT2D eigenvalue weighted by molar-refractivity contribution is 6.32.